The van der Waals surface area contributed by atoms with Gasteiger partial charge in [0.2, 0.25) is 0 Å². The molecule has 2 amide bonds. The fraction of sp³-hybridized carbons (Fsp3) is 0.120. The van der Waals surface area contributed by atoms with E-state index in [1.54, 1.807) is 18.2 Å². The van der Waals surface area contributed by atoms with Crippen LogP contribution in [0.4, 0.5) is 15.8 Å². The van der Waals surface area contributed by atoms with Crippen LogP contribution in [0.5, 0.6) is 0 Å². The van der Waals surface area contributed by atoms with Gasteiger partial charge in [-0.25, -0.2) is 9.29 Å². The summed E-state index contributed by atoms with van der Waals surface area (Å²) >= 11 is 6.24. The van der Waals surface area contributed by atoms with Gasteiger partial charge in [-0.15, -0.1) is 0 Å². The van der Waals surface area contributed by atoms with Gasteiger partial charge in [0.15, 0.2) is 0 Å². The number of rotatable bonds is 4. The molecule has 0 unspecified atom stereocenters. The topological polar surface area (TPSA) is 49.4 Å². The van der Waals surface area contributed by atoms with Gasteiger partial charge < -0.3 is 5.32 Å². The summed E-state index contributed by atoms with van der Waals surface area (Å²) in [6, 6.07) is 16.2. The first-order valence-electron chi connectivity index (χ1n) is 9.76. The van der Waals surface area contributed by atoms with Crippen molar-refractivity contribution in [3.05, 3.63) is 99.5 Å². The molecule has 1 aliphatic heterocycles. The highest BCUT2D eigenvalue weighted by atomic mass is 35.5. The number of nitrogens with zero attached hydrogens (tertiary/aromatic N) is 1. The molecule has 1 heterocycles. The highest BCUT2D eigenvalue weighted by molar-refractivity contribution is 6.46. The molecule has 31 heavy (non-hydrogen) atoms. The SMILES string of the molecule is Cc1ccc(N2C(=O)C(Nc3cccc(C)c3C)=C(c3ccc(F)cc3)C2=O)cc1Cl. The minimum atomic E-state index is -0.496. The van der Waals surface area contributed by atoms with Gasteiger partial charge in [-0.2, -0.15) is 0 Å². The first-order valence-corrected chi connectivity index (χ1v) is 10.1. The molecule has 1 N–H and O–H groups in total. The van der Waals surface area contributed by atoms with Crippen LogP contribution in [0, 0.1) is 26.6 Å². The maximum absolute atomic E-state index is 13.5. The molecule has 0 fully saturated rings. The summed E-state index contributed by atoms with van der Waals surface area (Å²) in [5.41, 5.74) is 4.73. The Balaban J connectivity index is 1.85. The Labute approximate surface area is 185 Å². The number of benzene rings is 3. The monoisotopic (exact) mass is 434 g/mol. The smallest absolute Gasteiger partial charge is 0.282 e. The van der Waals surface area contributed by atoms with Gasteiger partial charge in [0.1, 0.15) is 11.5 Å². The van der Waals surface area contributed by atoms with Gasteiger partial charge in [-0.3, -0.25) is 9.59 Å². The van der Waals surface area contributed by atoms with E-state index in [0.29, 0.717) is 16.3 Å². The van der Waals surface area contributed by atoms with Gasteiger partial charge >= 0.3 is 0 Å². The van der Waals surface area contributed by atoms with E-state index >= 15 is 0 Å². The Morgan fingerprint density at radius 2 is 1.58 bits per heavy atom. The maximum atomic E-state index is 13.5. The number of imide groups is 1. The Morgan fingerprint density at radius 3 is 2.26 bits per heavy atom. The number of carbonyl (C=O) groups excluding carboxylic acids is 2. The van der Waals surface area contributed by atoms with Crippen molar-refractivity contribution in [1.82, 2.24) is 0 Å². The molecule has 0 saturated heterocycles. The van der Waals surface area contributed by atoms with Gasteiger partial charge in [0, 0.05) is 10.7 Å². The summed E-state index contributed by atoms with van der Waals surface area (Å²) in [6.07, 6.45) is 0. The zero-order valence-corrected chi connectivity index (χ0v) is 18.0. The standard InChI is InChI=1S/C25H20ClFN2O2/c1-14-5-4-6-21(16(14)3)28-23-22(17-8-10-18(27)11-9-17)24(30)29(25(23)31)19-12-7-15(2)20(26)13-19/h4-13,28H,1-3H3. The van der Waals surface area contributed by atoms with Crippen molar-refractivity contribution in [3.8, 4) is 0 Å². The number of hydrogen-bond acceptors (Lipinski definition) is 3. The average Bonchev–Trinajstić information content (AvgIpc) is 2.98. The minimum absolute atomic E-state index is 0.141. The summed E-state index contributed by atoms with van der Waals surface area (Å²) in [5.74, 6) is -1.41. The fourth-order valence-corrected chi connectivity index (χ4v) is 3.68. The van der Waals surface area contributed by atoms with Crippen molar-refractivity contribution < 1.29 is 14.0 Å². The number of anilines is 2. The first-order chi connectivity index (χ1) is 14.8. The molecule has 0 radical (unpaired) electrons. The van der Waals surface area contributed by atoms with Crippen LogP contribution in [0.1, 0.15) is 22.3 Å². The Morgan fingerprint density at radius 1 is 0.871 bits per heavy atom. The van der Waals surface area contributed by atoms with Crippen LogP contribution in [0.25, 0.3) is 5.57 Å². The van der Waals surface area contributed by atoms with Crippen molar-refractivity contribution >= 4 is 40.4 Å². The van der Waals surface area contributed by atoms with E-state index in [1.165, 1.54) is 24.3 Å². The molecular formula is C25H20ClFN2O2. The zero-order chi connectivity index (χ0) is 22.3. The molecular weight excluding hydrogens is 415 g/mol. The van der Waals surface area contributed by atoms with Gasteiger partial charge in [-0.1, -0.05) is 41.9 Å². The number of amides is 2. The normalized spacial score (nSPS) is 13.9. The quantitative estimate of drug-likeness (QED) is 0.528. The summed E-state index contributed by atoms with van der Waals surface area (Å²) in [4.78, 5) is 27.9. The number of hydrogen-bond donors (Lipinski definition) is 1. The van der Waals surface area contributed by atoms with Crippen molar-refractivity contribution in [3.63, 3.8) is 0 Å². The zero-order valence-electron chi connectivity index (χ0n) is 17.3. The molecule has 0 saturated carbocycles. The summed E-state index contributed by atoms with van der Waals surface area (Å²) in [5, 5.41) is 3.62. The number of halogens is 2. The number of nitrogens with one attached hydrogen (secondary N) is 1. The van der Waals surface area contributed by atoms with E-state index in [9.17, 15) is 14.0 Å². The van der Waals surface area contributed by atoms with Gasteiger partial charge in [-0.05, 0) is 73.4 Å². The van der Waals surface area contributed by atoms with Crippen LogP contribution in [0.15, 0.2) is 66.4 Å². The van der Waals surface area contributed by atoms with E-state index in [0.717, 1.165) is 27.3 Å². The highest BCUT2D eigenvalue weighted by Crippen LogP contribution is 2.35. The van der Waals surface area contributed by atoms with Crippen molar-refractivity contribution in [2.24, 2.45) is 0 Å². The van der Waals surface area contributed by atoms with E-state index < -0.39 is 17.6 Å². The molecule has 0 atom stereocenters. The number of carbonyl (C=O) groups is 2. The van der Waals surface area contributed by atoms with Crippen molar-refractivity contribution in [1.29, 1.82) is 0 Å². The molecule has 0 aliphatic carbocycles. The van der Waals surface area contributed by atoms with Gasteiger partial charge in [0.25, 0.3) is 11.8 Å². The summed E-state index contributed by atoms with van der Waals surface area (Å²) in [6.45, 7) is 5.75. The molecule has 4 nitrogen and oxygen atoms in total. The fourth-order valence-electron chi connectivity index (χ4n) is 3.51. The Hall–Kier alpha value is -3.44. The molecule has 1 aliphatic rings. The largest absolute Gasteiger partial charge is 0.350 e. The lowest BCUT2D eigenvalue weighted by atomic mass is 10.0. The molecule has 6 heteroatoms. The summed E-state index contributed by atoms with van der Waals surface area (Å²) < 4.78 is 13.5. The second kappa shape index (κ2) is 8.00. The van der Waals surface area contributed by atoms with Crippen LogP contribution in [-0.2, 0) is 9.59 Å². The van der Waals surface area contributed by atoms with E-state index in [2.05, 4.69) is 5.32 Å². The van der Waals surface area contributed by atoms with Crippen LogP contribution >= 0.6 is 11.6 Å². The first kappa shape index (κ1) is 20.8. The predicted molar refractivity (Wildman–Crippen MR) is 122 cm³/mol. The van der Waals surface area contributed by atoms with Crippen LogP contribution in [-0.4, -0.2) is 11.8 Å². The maximum Gasteiger partial charge on any atom is 0.282 e. The van der Waals surface area contributed by atoms with Crippen molar-refractivity contribution in [2.45, 2.75) is 20.8 Å². The van der Waals surface area contributed by atoms with Crippen molar-refractivity contribution in [2.75, 3.05) is 10.2 Å². The molecule has 0 spiro atoms. The van der Waals surface area contributed by atoms with E-state index in [4.69, 9.17) is 11.6 Å². The van der Waals surface area contributed by atoms with E-state index in [-0.39, 0.29) is 11.3 Å². The van der Waals surface area contributed by atoms with Crippen LogP contribution < -0.4 is 10.2 Å². The molecule has 4 rings (SSSR count). The van der Waals surface area contributed by atoms with Crippen LogP contribution in [0.2, 0.25) is 5.02 Å². The average molecular weight is 435 g/mol. The third-order valence-electron chi connectivity index (χ3n) is 5.49. The Kier molecular flexibility index (Phi) is 5.38. The highest BCUT2D eigenvalue weighted by Gasteiger charge is 2.40. The second-order valence-corrected chi connectivity index (χ2v) is 7.92. The molecule has 0 aromatic heterocycles. The third-order valence-corrected chi connectivity index (χ3v) is 5.90. The lowest BCUT2D eigenvalue weighted by Crippen LogP contribution is -2.32. The van der Waals surface area contributed by atoms with E-state index in [1.807, 2.05) is 39.0 Å². The number of aryl methyl sites for hydroxylation is 2. The molecule has 156 valence electrons. The minimum Gasteiger partial charge on any atom is -0.350 e. The second-order valence-electron chi connectivity index (χ2n) is 7.51. The lowest BCUT2D eigenvalue weighted by molar-refractivity contribution is -0.120. The Bertz CT molecular complexity index is 1250. The van der Waals surface area contributed by atoms with Crippen LogP contribution in [0.3, 0.4) is 0 Å². The molecule has 3 aromatic carbocycles. The predicted octanol–water partition coefficient (Wildman–Crippen LogP) is 5.80. The third kappa shape index (κ3) is 3.73. The van der Waals surface area contributed by atoms with Gasteiger partial charge in [0.05, 0.1) is 11.3 Å². The lowest BCUT2D eigenvalue weighted by Gasteiger charge is -2.17. The molecule has 3 aromatic rings. The molecule has 0 bridgehead atoms. The summed E-state index contributed by atoms with van der Waals surface area (Å²) in [7, 11) is 0.